The lowest BCUT2D eigenvalue weighted by molar-refractivity contribution is 0.0398. The van der Waals surface area contributed by atoms with Gasteiger partial charge < -0.3 is 35.7 Å². The molecule has 0 saturated heterocycles. The highest BCUT2D eigenvalue weighted by Gasteiger charge is 2.28. The molecule has 34 heavy (non-hydrogen) atoms. The molecule has 0 spiro atoms. The maximum atomic E-state index is 12.9. The summed E-state index contributed by atoms with van der Waals surface area (Å²) in [6.45, 7) is 10.8. The largest absolute Gasteiger partial charge is 0.493 e. The van der Waals surface area contributed by atoms with Crippen LogP contribution in [-0.2, 0) is 9.47 Å². The molecule has 0 aliphatic heterocycles. The van der Waals surface area contributed by atoms with Crippen LogP contribution in [0.3, 0.4) is 0 Å². The molecule has 0 fully saturated rings. The lowest BCUT2D eigenvalue weighted by Crippen LogP contribution is -2.50. The molecule has 5 N–H and O–H groups in total. The van der Waals surface area contributed by atoms with Gasteiger partial charge in [0.2, 0.25) is 0 Å². The summed E-state index contributed by atoms with van der Waals surface area (Å²) in [5.41, 5.74) is 5.46. The molecular weight excluding hydrogens is 438 g/mol. The second kappa shape index (κ2) is 14.8. The number of hydrogen-bond acceptors (Lipinski definition) is 7. The van der Waals surface area contributed by atoms with Gasteiger partial charge in [0, 0.05) is 33.2 Å². The minimum atomic E-state index is -0.939. The summed E-state index contributed by atoms with van der Waals surface area (Å²) < 4.78 is 16.1. The van der Waals surface area contributed by atoms with Crippen LogP contribution in [0, 0.1) is 11.8 Å². The van der Waals surface area contributed by atoms with Crippen LogP contribution in [0.5, 0.6) is 5.75 Å². The van der Waals surface area contributed by atoms with Gasteiger partial charge in [-0.05, 0) is 51.2 Å². The topological polar surface area (TPSA) is 132 Å². The van der Waals surface area contributed by atoms with Gasteiger partial charge in [-0.15, -0.1) is 0 Å². The summed E-state index contributed by atoms with van der Waals surface area (Å²) in [6, 6.07) is 6.48. The summed E-state index contributed by atoms with van der Waals surface area (Å²) in [4.78, 5) is 25.2. The predicted molar refractivity (Wildman–Crippen MR) is 132 cm³/mol. The summed E-state index contributed by atoms with van der Waals surface area (Å²) in [5, 5.41) is 16.1. The van der Waals surface area contributed by atoms with Gasteiger partial charge in [0.1, 0.15) is 11.4 Å². The molecule has 9 nitrogen and oxygen atoms in total. The summed E-state index contributed by atoms with van der Waals surface area (Å²) in [6.07, 6.45) is -0.413. The average Bonchev–Trinajstić information content (AvgIpc) is 2.76. The van der Waals surface area contributed by atoms with Crippen molar-refractivity contribution in [1.82, 2.24) is 10.6 Å². The van der Waals surface area contributed by atoms with Crippen molar-refractivity contribution >= 4 is 12.0 Å². The van der Waals surface area contributed by atoms with E-state index in [2.05, 4.69) is 10.6 Å². The molecule has 2 amide bonds. The van der Waals surface area contributed by atoms with Gasteiger partial charge in [-0.3, -0.25) is 4.79 Å². The zero-order valence-corrected chi connectivity index (χ0v) is 21.4. The molecule has 0 unspecified atom stereocenters. The highest BCUT2D eigenvalue weighted by molar-refractivity contribution is 5.96. The number of methoxy groups -OCH3 is 1. The Hall–Kier alpha value is -2.36. The quantitative estimate of drug-likeness (QED) is 0.300. The van der Waals surface area contributed by atoms with Crippen molar-refractivity contribution < 1.29 is 28.9 Å². The van der Waals surface area contributed by atoms with Crippen molar-refractivity contribution in [2.24, 2.45) is 17.6 Å². The van der Waals surface area contributed by atoms with E-state index in [1.807, 2.05) is 19.9 Å². The molecule has 0 heterocycles. The first-order valence-corrected chi connectivity index (χ1v) is 11.8. The predicted octanol–water partition coefficient (Wildman–Crippen LogP) is 2.71. The number of ether oxygens (including phenoxy) is 3. The van der Waals surface area contributed by atoms with E-state index in [0.717, 1.165) is 6.42 Å². The molecule has 0 radical (unpaired) electrons. The summed E-state index contributed by atoms with van der Waals surface area (Å²) in [5.74, 6) is 0.415. The monoisotopic (exact) mass is 481 g/mol. The number of alkyl carbamates (subject to hydrolysis) is 1. The van der Waals surface area contributed by atoms with Gasteiger partial charge in [0.05, 0.1) is 24.3 Å². The van der Waals surface area contributed by atoms with E-state index in [9.17, 15) is 14.7 Å². The SMILES string of the molecule is COCCCOc1ccccc1C(=O)NC[C@@H](C[C@H](NC(=O)OC(C)(C)C)[C@@H](O)CN)C(C)C. The second-order valence-corrected chi connectivity index (χ2v) is 9.70. The third-order valence-corrected chi connectivity index (χ3v) is 5.31. The summed E-state index contributed by atoms with van der Waals surface area (Å²) in [7, 11) is 1.63. The average molecular weight is 482 g/mol. The first kappa shape index (κ1) is 29.7. The molecule has 9 heteroatoms. The lowest BCUT2D eigenvalue weighted by Gasteiger charge is -2.30. The number of benzene rings is 1. The number of carbonyl (C=O) groups is 2. The van der Waals surface area contributed by atoms with Gasteiger partial charge >= 0.3 is 6.09 Å². The van der Waals surface area contributed by atoms with Gasteiger partial charge in [-0.25, -0.2) is 4.79 Å². The molecule has 0 saturated carbocycles. The van der Waals surface area contributed by atoms with Crippen LogP contribution in [-0.4, -0.2) is 68.3 Å². The van der Waals surface area contributed by atoms with Crippen LogP contribution in [0.25, 0.3) is 0 Å². The Balaban J connectivity index is 2.82. The number of para-hydroxylation sites is 1. The number of rotatable bonds is 14. The molecule has 0 aliphatic carbocycles. The minimum Gasteiger partial charge on any atom is -0.493 e. The zero-order chi connectivity index (χ0) is 25.7. The Kier molecular flexibility index (Phi) is 12.9. The number of nitrogens with one attached hydrogen (secondary N) is 2. The fourth-order valence-electron chi connectivity index (χ4n) is 3.34. The Morgan fingerprint density at radius 3 is 2.41 bits per heavy atom. The van der Waals surface area contributed by atoms with E-state index in [-0.39, 0.29) is 24.3 Å². The number of aliphatic hydroxyl groups is 1. The van der Waals surface area contributed by atoms with E-state index in [4.69, 9.17) is 19.9 Å². The fourth-order valence-corrected chi connectivity index (χ4v) is 3.34. The molecule has 194 valence electrons. The molecule has 1 aromatic carbocycles. The molecule has 1 aromatic rings. The number of hydrogen-bond donors (Lipinski definition) is 4. The molecule has 0 bridgehead atoms. The van der Waals surface area contributed by atoms with Crippen molar-refractivity contribution in [2.45, 2.75) is 65.2 Å². The van der Waals surface area contributed by atoms with Crippen LogP contribution < -0.4 is 21.1 Å². The van der Waals surface area contributed by atoms with Gasteiger partial charge in [0.15, 0.2) is 0 Å². The third-order valence-electron chi connectivity index (χ3n) is 5.31. The van der Waals surface area contributed by atoms with E-state index in [1.54, 1.807) is 46.1 Å². The van der Waals surface area contributed by atoms with E-state index >= 15 is 0 Å². The van der Waals surface area contributed by atoms with Crippen molar-refractivity contribution in [3.63, 3.8) is 0 Å². The van der Waals surface area contributed by atoms with Crippen molar-refractivity contribution in [3.8, 4) is 5.75 Å². The Morgan fingerprint density at radius 1 is 1.15 bits per heavy atom. The standard InChI is InChI=1S/C25H43N3O6/c1-17(2)18(14-20(21(29)15-26)28-24(31)34-25(3,4)5)16-27-23(30)19-10-7-8-11-22(19)33-13-9-12-32-6/h7-8,10-11,17-18,20-21,29H,9,12-16,26H2,1-6H3,(H,27,30)(H,28,31)/t18-,20+,21+/m1/s1. The van der Waals surface area contributed by atoms with Gasteiger partial charge in [0.25, 0.3) is 5.91 Å². The first-order valence-electron chi connectivity index (χ1n) is 11.8. The van der Waals surface area contributed by atoms with Crippen LogP contribution >= 0.6 is 0 Å². The van der Waals surface area contributed by atoms with Crippen molar-refractivity contribution in [1.29, 1.82) is 0 Å². The molecule has 1 rings (SSSR count). The Labute approximate surface area is 203 Å². The lowest BCUT2D eigenvalue weighted by atomic mass is 9.87. The van der Waals surface area contributed by atoms with Crippen LogP contribution in [0.15, 0.2) is 24.3 Å². The van der Waals surface area contributed by atoms with Crippen molar-refractivity contribution in [3.05, 3.63) is 29.8 Å². The molecular formula is C25H43N3O6. The Morgan fingerprint density at radius 2 is 1.82 bits per heavy atom. The highest BCUT2D eigenvalue weighted by atomic mass is 16.6. The van der Waals surface area contributed by atoms with Crippen LogP contribution in [0.1, 0.15) is 57.8 Å². The highest BCUT2D eigenvalue weighted by Crippen LogP contribution is 2.21. The van der Waals surface area contributed by atoms with Crippen molar-refractivity contribution in [2.75, 3.05) is 33.4 Å². The van der Waals surface area contributed by atoms with E-state index in [1.165, 1.54) is 0 Å². The second-order valence-electron chi connectivity index (χ2n) is 9.70. The fraction of sp³-hybridized carbons (Fsp3) is 0.680. The van der Waals surface area contributed by atoms with Crippen LogP contribution in [0.2, 0.25) is 0 Å². The molecule has 0 aromatic heterocycles. The molecule has 3 atom stereocenters. The maximum Gasteiger partial charge on any atom is 0.407 e. The van der Waals surface area contributed by atoms with E-state index in [0.29, 0.717) is 37.5 Å². The zero-order valence-electron chi connectivity index (χ0n) is 21.4. The molecule has 0 aliphatic rings. The number of aliphatic hydroxyl groups excluding tert-OH is 1. The number of amides is 2. The van der Waals surface area contributed by atoms with Gasteiger partial charge in [-0.2, -0.15) is 0 Å². The number of carbonyl (C=O) groups excluding carboxylic acids is 2. The van der Waals surface area contributed by atoms with E-state index < -0.39 is 23.8 Å². The number of nitrogens with two attached hydrogens (primary N) is 1. The van der Waals surface area contributed by atoms with Crippen LogP contribution in [0.4, 0.5) is 4.79 Å². The third kappa shape index (κ3) is 11.2. The first-order chi connectivity index (χ1) is 16.0. The van der Waals surface area contributed by atoms with Gasteiger partial charge in [-0.1, -0.05) is 26.0 Å². The smallest absolute Gasteiger partial charge is 0.407 e. The Bertz CT molecular complexity index is 750. The minimum absolute atomic E-state index is 0.00851. The maximum absolute atomic E-state index is 12.9. The normalized spacial score (nSPS) is 14.3. The summed E-state index contributed by atoms with van der Waals surface area (Å²) >= 11 is 0.